The molecule has 4 rings (SSSR count). The molecule has 1 saturated carbocycles. The highest BCUT2D eigenvalue weighted by Gasteiger charge is 2.41. The van der Waals surface area contributed by atoms with E-state index in [2.05, 4.69) is 65.3 Å². The molecule has 1 N–H and O–H groups in total. The molecule has 2 aromatic heterocycles. The van der Waals surface area contributed by atoms with Crippen molar-refractivity contribution in [2.45, 2.75) is 51.4 Å². The molecule has 0 aliphatic heterocycles. The SMILES string of the molecule is Cc1cc(Nc2nccc(C(C)C)n2)cc(-c2cnc(C3(C#N)CCC3)s2)c1. The van der Waals surface area contributed by atoms with Crippen molar-refractivity contribution >= 4 is 23.0 Å². The molecule has 1 fully saturated rings. The van der Waals surface area contributed by atoms with Crippen molar-refractivity contribution in [2.24, 2.45) is 0 Å². The summed E-state index contributed by atoms with van der Waals surface area (Å²) < 4.78 is 0. The molecular formula is C22H23N5S. The van der Waals surface area contributed by atoms with Crippen LogP contribution in [-0.4, -0.2) is 15.0 Å². The first-order chi connectivity index (χ1) is 13.5. The minimum Gasteiger partial charge on any atom is -0.324 e. The van der Waals surface area contributed by atoms with Gasteiger partial charge in [-0.05, 0) is 61.4 Å². The van der Waals surface area contributed by atoms with Gasteiger partial charge in [-0.1, -0.05) is 19.9 Å². The Bertz CT molecular complexity index is 1040. The second kappa shape index (κ2) is 7.33. The molecule has 5 nitrogen and oxygen atoms in total. The number of hydrogen-bond donors (Lipinski definition) is 1. The Morgan fingerprint density at radius 3 is 2.71 bits per heavy atom. The van der Waals surface area contributed by atoms with Gasteiger partial charge in [0.25, 0.3) is 0 Å². The summed E-state index contributed by atoms with van der Waals surface area (Å²) in [7, 11) is 0. The molecule has 0 radical (unpaired) electrons. The van der Waals surface area contributed by atoms with Gasteiger partial charge in [-0.25, -0.2) is 15.0 Å². The molecule has 6 heteroatoms. The molecule has 1 aromatic carbocycles. The number of aryl methyl sites for hydroxylation is 1. The van der Waals surface area contributed by atoms with E-state index in [-0.39, 0.29) is 5.41 Å². The quantitative estimate of drug-likeness (QED) is 0.604. The standard InChI is InChI=1S/C22H23N5S/c1-14(2)18-5-8-24-21(27-18)26-17-10-15(3)9-16(11-17)19-12-25-20(28-19)22(13-23)6-4-7-22/h5,8-12,14H,4,6-7H2,1-3H3,(H,24,26,27). The Balaban J connectivity index is 1.62. The lowest BCUT2D eigenvalue weighted by Gasteiger charge is -2.32. The van der Waals surface area contributed by atoms with E-state index in [4.69, 9.17) is 0 Å². The predicted molar refractivity (Wildman–Crippen MR) is 113 cm³/mol. The fraction of sp³-hybridized carbons (Fsp3) is 0.364. The van der Waals surface area contributed by atoms with Crippen LogP contribution < -0.4 is 5.32 Å². The zero-order valence-electron chi connectivity index (χ0n) is 16.4. The summed E-state index contributed by atoms with van der Waals surface area (Å²) in [6.07, 6.45) is 6.63. The summed E-state index contributed by atoms with van der Waals surface area (Å²) in [6, 6.07) is 10.8. The van der Waals surface area contributed by atoms with E-state index in [0.717, 1.165) is 51.7 Å². The van der Waals surface area contributed by atoms with Crippen LogP contribution >= 0.6 is 11.3 Å². The van der Waals surface area contributed by atoms with E-state index >= 15 is 0 Å². The minimum atomic E-state index is -0.362. The van der Waals surface area contributed by atoms with E-state index in [0.29, 0.717) is 11.9 Å². The van der Waals surface area contributed by atoms with Crippen molar-refractivity contribution in [1.29, 1.82) is 5.26 Å². The fourth-order valence-corrected chi connectivity index (χ4v) is 4.51. The zero-order valence-corrected chi connectivity index (χ0v) is 17.2. The van der Waals surface area contributed by atoms with E-state index < -0.39 is 0 Å². The number of nitrogens with zero attached hydrogens (tertiary/aromatic N) is 4. The molecule has 0 atom stereocenters. The van der Waals surface area contributed by atoms with Gasteiger partial charge in [-0.15, -0.1) is 11.3 Å². The summed E-state index contributed by atoms with van der Waals surface area (Å²) >= 11 is 1.63. The Kier molecular flexibility index (Phi) is 4.86. The molecule has 28 heavy (non-hydrogen) atoms. The number of anilines is 2. The first-order valence-electron chi connectivity index (χ1n) is 9.59. The Hall–Kier alpha value is -2.78. The van der Waals surface area contributed by atoms with Crippen molar-refractivity contribution in [3.8, 4) is 16.5 Å². The normalized spacial score (nSPS) is 15.1. The second-order valence-electron chi connectivity index (χ2n) is 7.75. The van der Waals surface area contributed by atoms with Crippen LogP contribution in [-0.2, 0) is 5.41 Å². The molecular weight excluding hydrogens is 366 g/mol. The lowest BCUT2D eigenvalue weighted by Crippen LogP contribution is -2.31. The summed E-state index contributed by atoms with van der Waals surface area (Å²) in [4.78, 5) is 14.6. The van der Waals surface area contributed by atoms with Crippen LogP contribution in [0.2, 0.25) is 0 Å². The zero-order chi connectivity index (χ0) is 19.7. The van der Waals surface area contributed by atoms with Gasteiger partial charge >= 0.3 is 0 Å². The molecule has 0 spiro atoms. The summed E-state index contributed by atoms with van der Waals surface area (Å²) in [6.45, 7) is 6.31. The van der Waals surface area contributed by atoms with Crippen LogP contribution in [0.1, 0.15) is 55.3 Å². The van der Waals surface area contributed by atoms with Crippen molar-refractivity contribution in [3.05, 3.63) is 52.9 Å². The predicted octanol–water partition coefficient (Wildman–Crippen LogP) is 5.72. The fourth-order valence-electron chi connectivity index (χ4n) is 3.41. The topological polar surface area (TPSA) is 74.5 Å². The maximum absolute atomic E-state index is 9.58. The van der Waals surface area contributed by atoms with E-state index in [1.807, 2.05) is 12.3 Å². The van der Waals surface area contributed by atoms with Crippen LogP contribution in [0, 0.1) is 18.3 Å². The number of rotatable bonds is 5. The molecule has 3 aromatic rings. The second-order valence-corrected chi connectivity index (χ2v) is 8.78. The number of hydrogen-bond acceptors (Lipinski definition) is 6. The molecule has 1 aliphatic rings. The van der Waals surface area contributed by atoms with Crippen LogP contribution in [0.5, 0.6) is 0 Å². The van der Waals surface area contributed by atoms with Crippen molar-refractivity contribution < 1.29 is 0 Å². The smallest absolute Gasteiger partial charge is 0.227 e. The highest BCUT2D eigenvalue weighted by molar-refractivity contribution is 7.15. The van der Waals surface area contributed by atoms with E-state index in [1.165, 1.54) is 0 Å². The van der Waals surface area contributed by atoms with Gasteiger partial charge in [0, 0.05) is 23.8 Å². The Labute approximate surface area is 169 Å². The molecule has 0 amide bonds. The van der Waals surface area contributed by atoms with Crippen molar-refractivity contribution in [1.82, 2.24) is 15.0 Å². The third-order valence-electron chi connectivity index (χ3n) is 5.22. The first kappa shape index (κ1) is 18.6. The van der Waals surface area contributed by atoms with Gasteiger partial charge in [0.2, 0.25) is 5.95 Å². The molecule has 0 unspecified atom stereocenters. The minimum absolute atomic E-state index is 0.353. The maximum atomic E-state index is 9.58. The summed E-state index contributed by atoms with van der Waals surface area (Å²) in [5, 5.41) is 13.9. The highest BCUT2D eigenvalue weighted by Crippen LogP contribution is 2.46. The van der Waals surface area contributed by atoms with Gasteiger partial charge in [-0.3, -0.25) is 0 Å². The molecule has 1 aliphatic carbocycles. The van der Waals surface area contributed by atoms with E-state index in [9.17, 15) is 5.26 Å². The molecule has 0 bridgehead atoms. The summed E-state index contributed by atoms with van der Waals surface area (Å²) in [5.74, 6) is 0.955. The number of nitriles is 1. The van der Waals surface area contributed by atoms with Crippen LogP contribution in [0.15, 0.2) is 36.7 Å². The van der Waals surface area contributed by atoms with Gasteiger partial charge in [0.1, 0.15) is 10.4 Å². The largest absolute Gasteiger partial charge is 0.324 e. The number of benzene rings is 1. The molecule has 142 valence electrons. The Morgan fingerprint density at radius 1 is 1.21 bits per heavy atom. The third-order valence-corrected chi connectivity index (χ3v) is 6.47. The van der Waals surface area contributed by atoms with Gasteiger partial charge in [-0.2, -0.15) is 5.26 Å². The molecule has 2 heterocycles. The lowest BCUT2D eigenvalue weighted by atomic mass is 9.70. The van der Waals surface area contributed by atoms with Gasteiger partial charge in [0.05, 0.1) is 10.9 Å². The van der Waals surface area contributed by atoms with Crippen LogP contribution in [0.3, 0.4) is 0 Å². The number of aromatic nitrogens is 3. The third kappa shape index (κ3) is 3.50. The van der Waals surface area contributed by atoms with Crippen LogP contribution in [0.4, 0.5) is 11.6 Å². The maximum Gasteiger partial charge on any atom is 0.227 e. The average Bonchev–Trinajstić information content (AvgIpc) is 3.11. The monoisotopic (exact) mass is 389 g/mol. The van der Waals surface area contributed by atoms with Crippen molar-refractivity contribution in [2.75, 3.05) is 5.32 Å². The van der Waals surface area contributed by atoms with Gasteiger partial charge in [0.15, 0.2) is 0 Å². The van der Waals surface area contributed by atoms with Crippen molar-refractivity contribution in [3.63, 3.8) is 0 Å². The van der Waals surface area contributed by atoms with Crippen LogP contribution in [0.25, 0.3) is 10.4 Å². The Morgan fingerprint density at radius 2 is 2.04 bits per heavy atom. The number of nitrogens with one attached hydrogen (secondary N) is 1. The highest BCUT2D eigenvalue weighted by atomic mass is 32.1. The lowest BCUT2D eigenvalue weighted by molar-refractivity contribution is 0.323. The first-order valence-corrected chi connectivity index (χ1v) is 10.4. The summed E-state index contributed by atoms with van der Waals surface area (Å²) in [5.41, 5.74) is 3.84. The average molecular weight is 390 g/mol. The number of thiazole rings is 1. The van der Waals surface area contributed by atoms with E-state index in [1.54, 1.807) is 17.5 Å². The molecule has 0 saturated heterocycles. The van der Waals surface area contributed by atoms with Gasteiger partial charge < -0.3 is 5.32 Å².